The molecule has 108 valence electrons. The molecule has 0 amide bonds. The van der Waals surface area contributed by atoms with Crippen molar-refractivity contribution in [2.24, 2.45) is 5.41 Å². The highest BCUT2D eigenvalue weighted by atomic mass is 19.1. The number of methoxy groups -OCH3 is 1. The summed E-state index contributed by atoms with van der Waals surface area (Å²) in [5.41, 5.74) is 2.73. The highest BCUT2D eigenvalue weighted by molar-refractivity contribution is 5.77. The summed E-state index contributed by atoms with van der Waals surface area (Å²) in [7, 11) is 1.46. The number of hydrogen-bond acceptors (Lipinski definition) is 2. The first-order chi connectivity index (χ1) is 9.40. The lowest BCUT2D eigenvalue weighted by Crippen LogP contribution is -2.25. The Hall–Kier alpha value is -1.64. The average Bonchev–Trinajstić information content (AvgIpc) is 2.38. The van der Waals surface area contributed by atoms with Crippen molar-refractivity contribution < 1.29 is 13.9 Å². The normalized spacial score (nSPS) is 21.8. The fourth-order valence-electron chi connectivity index (χ4n) is 3.15. The van der Waals surface area contributed by atoms with E-state index in [0.29, 0.717) is 0 Å². The number of benzene rings is 1. The lowest BCUT2D eigenvalue weighted by Gasteiger charge is -2.36. The van der Waals surface area contributed by atoms with Gasteiger partial charge in [0.05, 0.1) is 7.11 Å². The molecule has 20 heavy (non-hydrogen) atoms. The molecule has 0 saturated carbocycles. The minimum absolute atomic E-state index is 0.0899. The topological polar surface area (TPSA) is 26.3 Å². The van der Waals surface area contributed by atoms with Crippen molar-refractivity contribution in [3.05, 3.63) is 40.7 Å². The van der Waals surface area contributed by atoms with Crippen LogP contribution in [0.15, 0.2) is 29.3 Å². The van der Waals surface area contributed by atoms with E-state index in [9.17, 15) is 9.18 Å². The number of carbonyl (C=O) groups is 1. The van der Waals surface area contributed by atoms with Crippen molar-refractivity contribution >= 4 is 6.29 Å². The Morgan fingerprint density at radius 1 is 1.40 bits per heavy atom. The van der Waals surface area contributed by atoms with Crippen molar-refractivity contribution in [2.45, 2.75) is 39.5 Å². The zero-order chi connectivity index (χ0) is 14.9. The second-order valence-electron chi connectivity index (χ2n) is 6.08. The number of ether oxygens (including phenoxy) is 1. The van der Waals surface area contributed by atoms with E-state index in [1.165, 1.54) is 13.2 Å². The van der Waals surface area contributed by atoms with E-state index in [4.69, 9.17) is 4.74 Å². The molecule has 1 atom stereocenters. The fourth-order valence-corrected chi connectivity index (χ4v) is 3.15. The molecule has 1 aliphatic carbocycles. The van der Waals surface area contributed by atoms with Crippen LogP contribution in [0.25, 0.3) is 0 Å². The second kappa shape index (κ2) is 5.39. The molecule has 0 bridgehead atoms. The Morgan fingerprint density at radius 3 is 2.65 bits per heavy atom. The van der Waals surface area contributed by atoms with Gasteiger partial charge in [-0.3, -0.25) is 4.79 Å². The van der Waals surface area contributed by atoms with Crippen LogP contribution in [0.3, 0.4) is 0 Å². The lowest BCUT2D eigenvalue weighted by molar-refractivity contribution is -0.106. The molecule has 0 aromatic heterocycles. The molecule has 0 N–H and O–H groups in total. The molecule has 0 heterocycles. The summed E-state index contributed by atoms with van der Waals surface area (Å²) in [4.78, 5) is 11.4. The van der Waals surface area contributed by atoms with Gasteiger partial charge in [-0.15, -0.1) is 0 Å². The zero-order valence-electron chi connectivity index (χ0n) is 12.5. The average molecular weight is 276 g/mol. The van der Waals surface area contributed by atoms with Crippen LogP contribution in [0.2, 0.25) is 0 Å². The number of halogens is 1. The SMILES string of the molecule is COc1ccc(C2CCC(C)(C)C(C=O)=C2C)cc1F. The van der Waals surface area contributed by atoms with Crippen molar-refractivity contribution in [3.63, 3.8) is 0 Å². The van der Waals surface area contributed by atoms with Crippen LogP contribution in [-0.4, -0.2) is 13.4 Å². The van der Waals surface area contributed by atoms with Gasteiger partial charge in [0.2, 0.25) is 0 Å². The molecule has 1 unspecified atom stereocenters. The Kier molecular flexibility index (Phi) is 3.98. The summed E-state index contributed by atoms with van der Waals surface area (Å²) in [6, 6.07) is 5.06. The third-order valence-corrected chi connectivity index (χ3v) is 4.43. The molecule has 0 saturated heterocycles. The lowest BCUT2D eigenvalue weighted by atomic mass is 9.68. The summed E-state index contributed by atoms with van der Waals surface area (Å²) in [6.45, 7) is 6.16. The van der Waals surface area contributed by atoms with E-state index in [1.807, 2.05) is 13.0 Å². The summed E-state index contributed by atoms with van der Waals surface area (Å²) < 4.78 is 18.8. The van der Waals surface area contributed by atoms with Crippen molar-refractivity contribution in [2.75, 3.05) is 7.11 Å². The molecule has 1 aromatic rings. The van der Waals surface area contributed by atoms with Crippen LogP contribution in [-0.2, 0) is 4.79 Å². The Morgan fingerprint density at radius 2 is 2.10 bits per heavy atom. The van der Waals surface area contributed by atoms with Crippen LogP contribution >= 0.6 is 0 Å². The third-order valence-electron chi connectivity index (χ3n) is 4.43. The molecule has 0 aliphatic heterocycles. The molecular weight excluding hydrogens is 255 g/mol. The van der Waals surface area contributed by atoms with Gasteiger partial charge in [0, 0.05) is 5.92 Å². The largest absolute Gasteiger partial charge is 0.494 e. The van der Waals surface area contributed by atoms with Crippen molar-refractivity contribution in [1.29, 1.82) is 0 Å². The first kappa shape index (κ1) is 14.8. The standard InChI is InChI=1S/C17H21FO2/c1-11-13(7-8-17(2,3)14(11)10-19)12-5-6-16(20-4)15(18)9-12/h5-6,9-10,13H,7-8H2,1-4H3. The number of rotatable bonds is 3. The molecule has 2 rings (SSSR count). The predicted octanol–water partition coefficient (Wildman–Crippen LogP) is 4.25. The Labute approximate surface area is 119 Å². The minimum atomic E-state index is -0.352. The van der Waals surface area contributed by atoms with Crippen LogP contribution in [0.4, 0.5) is 4.39 Å². The maximum absolute atomic E-state index is 13.9. The number of hydrogen-bond donors (Lipinski definition) is 0. The molecule has 1 aliphatic rings. The minimum Gasteiger partial charge on any atom is -0.494 e. The first-order valence-corrected chi connectivity index (χ1v) is 6.90. The Balaban J connectivity index is 2.44. The number of aldehydes is 1. The van der Waals surface area contributed by atoms with E-state index >= 15 is 0 Å². The van der Waals surface area contributed by atoms with E-state index in [-0.39, 0.29) is 22.9 Å². The summed E-state index contributed by atoms with van der Waals surface area (Å²) in [5.74, 6) is 0.0149. The fraction of sp³-hybridized carbons (Fsp3) is 0.471. The molecule has 0 radical (unpaired) electrons. The molecule has 0 spiro atoms. The van der Waals surface area contributed by atoms with Gasteiger partial charge in [-0.1, -0.05) is 25.5 Å². The summed E-state index contributed by atoms with van der Waals surface area (Å²) in [5, 5.41) is 0. The zero-order valence-corrected chi connectivity index (χ0v) is 12.5. The molecule has 2 nitrogen and oxygen atoms in total. The molecule has 0 fully saturated rings. The van der Waals surface area contributed by atoms with Gasteiger partial charge in [0.1, 0.15) is 6.29 Å². The number of allylic oxidation sites excluding steroid dienone is 2. The van der Waals surface area contributed by atoms with Gasteiger partial charge in [-0.25, -0.2) is 4.39 Å². The number of carbonyl (C=O) groups excluding carboxylic acids is 1. The van der Waals surface area contributed by atoms with E-state index in [0.717, 1.165) is 35.8 Å². The monoisotopic (exact) mass is 276 g/mol. The summed E-state index contributed by atoms with van der Waals surface area (Å²) >= 11 is 0. The molecule has 3 heteroatoms. The first-order valence-electron chi connectivity index (χ1n) is 6.90. The van der Waals surface area contributed by atoms with E-state index in [2.05, 4.69) is 13.8 Å². The van der Waals surface area contributed by atoms with Crippen LogP contribution in [0.1, 0.15) is 45.1 Å². The predicted molar refractivity (Wildman–Crippen MR) is 77.5 cm³/mol. The molecule has 1 aromatic carbocycles. The van der Waals surface area contributed by atoms with Crippen LogP contribution in [0.5, 0.6) is 5.75 Å². The second-order valence-corrected chi connectivity index (χ2v) is 6.08. The quantitative estimate of drug-likeness (QED) is 0.771. The highest BCUT2D eigenvalue weighted by Gasteiger charge is 2.33. The molecular formula is C17H21FO2. The maximum atomic E-state index is 13.9. The highest BCUT2D eigenvalue weighted by Crippen LogP contribution is 2.46. The van der Waals surface area contributed by atoms with Gasteiger partial charge < -0.3 is 4.74 Å². The van der Waals surface area contributed by atoms with Gasteiger partial charge >= 0.3 is 0 Å². The maximum Gasteiger partial charge on any atom is 0.165 e. The van der Waals surface area contributed by atoms with E-state index < -0.39 is 0 Å². The summed E-state index contributed by atoms with van der Waals surface area (Å²) in [6.07, 6.45) is 2.82. The van der Waals surface area contributed by atoms with Crippen LogP contribution in [0, 0.1) is 11.2 Å². The van der Waals surface area contributed by atoms with E-state index in [1.54, 1.807) is 6.07 Å². The van der Waals surface area contributed by atoms with Crippen molar-refractivity contribution in [1.82, 2.24) is 0 Å². The van der Waals surface area contributed by atoms with Gasteiger partial charge in [-0.2, -0.15) is 0 Å². The Bertz CT molecular complexity index is 558. The van der Waals surface area contributed by atoms with Gasteiger partial charge in [0.25, 0.3) is 0 Å². The third kappa shape index (κ3) is 2.49. The smallest absolute Gasteiger partial charge is 0.165 e. The van der Waals surface area contributed by atoms with Crippen LogP contribution < -0.4 is 4.74 Å². The van der Waals surface area contributed by atoms with Crippen molar-refractivity contribution in [3.8, 4) is 5.75 Å². The van der Waals surface area contributed by atoms with Gasteiger partial charge in [-0.05, 0) is 48.4 Å². The van der Waals surface area contributed by atoms with Gasteiger partial charge in [0.15, 0.2) is 11.6 Å².